The summed E-state index contributed by atoms with van der Waals surface area (Å²) in [5.41, 5.74) is 22.1. The second-order valence-corrected chi connectivity index (χ2v) is 23.1. The molecular formula is C74H54N2S. The lowest BCUT2D eigenvalue weighted by Crippen LogP contribution is -2.16. The molecule has 0 radical (unpaired) electrons. The third kappa shape index (κ3) is 7.07. The summed E-state index contributed by atoms with van der Waals surface area (Å²) < 4.78 is 2.57. The van der Waals surface area contributed by atoms with Crippen molar-refractivity contribution in [3.05, 3.63) is 277 Å². The van der Waals surface area contributed by atoms with E-state index in [1.54, 1.807) is 0 Å². The summed E-state index contributed by atoms with van der Waals surface area (Å²) >= 11 is 1.91. The Morgan fingerprint density at radius 1 is 0.273 bits per heavy atom. The molecule has 0 saturated heterocycles. The molecule has 1 aromatic heterocycles. The molecule has 12 aromatic carbocycles. The number of thiophene rings is 1. The summed E-state index contributed by atoms with van der Waals surface area (Å²) in [6.45, 7) is 9.48. The van der Waals surface area contributed by atoms with E-state index in [1.165, 1.54) is 108 Å². The maximum atomic E-state index is 2.46. The number of nitrogens with zero attached hydrogens (tertiary/aromatic N) is 2. The zero-order chi connectivity index (χ0) is 51.6. The van der Waals surface area contributed by atoms with Gasteiger partial charge in [-0.3, -0.25) is 0 Å². The lowest BCUT2D eigenvalue weighted by molar-refractivity contribution is 0.660. The first kappa shape index (κ1) is 45.4. The van der Waals surface area contributed by atoms with E-state index in [0.29, 0.717) is 0 Å². The summed E-state index contributed by atoms with van der Waals surface area (Å²) in [6.07, 6.45) is 0. The average molecular weight is 1000 g/mol. The zero-order valence-corrected chi connectivity index (χ0v) is 44.4. The molecule has 0 unspecified atom stereocenters. The van der Waals surface area contributed by atoms with Crippen LogP contribution in [0.3, 0.4) is 0 Å². The van der Waals surface area contributed by atoms with Crippen molar-refractivity contribution in [2.45, 2.75) is 38.5 Å². The van der Waals surface area contributed by atoms with Crippen molar-refractivity contribution in [1.82, 2.24) is 0 Å². The highest BCUT2D eigenvalue weighted by atomic mass is 32.1. The smallest absolute Gasteiger partial charge is 0.0476 e. The van der Waals surface area contributed by atoms with Crippen LogP contribution < -0.4 is 9.80 Å². The van der Waals surface area contributed by atoms with Crippen molar-refractivity contribution >= 4 is 87.2 Å². The van der Waals surface area contributed by atoms with Crippen molar-refractivity contribution in [2.24, 2.45) is 0 Å². The molecule has 13 aromatic rings. The predicted octanol–water partition coefficient (Wildman–Crippen LogP) is 21.2. The molecule has 0 N–H and O–H groups in total. The van der Waals surface area contributed by atoms with Crippen LogP contribution in [0, 0.1) is 0 Å². The van der Waals surface area contributed by atoms with Crippen LogP contribution in [0.1, 0.15) is 49.9 Å². The lowest BCUT2D eigenvalue weighted by atomic mass is 9.82. The minimum Gasteiger partial charge on any atom is -0.310 e. The fourth-order valence-corrected chi connectivity index (χ4v) is 14.4. The van der Waals surface area contributed by atoms with Crippen LogP contribution in [-0.4, -0.2) is 0 Å². The Bertz CT molecular complexity index is 4490. The minimum atomic E-state index is -0.133. The van der Waals surface area contributed by atoms with Crippen molar-refractivity contribution in [3.8, 4) is 44.5 Å². The maximum absolute atomic E-state index is 2.46. The maximum Gasteiger partial charge on any atom is 0.0476 e. The molecular weight excluding hydrogens is 949 g/mol. The van der Waals surface area contributed by atoms with Crippen molar-refractivity contribution in [3.63, 3.8) is 0 Å². The first-order chi connectivity index (χ1) is 37.7. The van der Waals surface area contributed by atoms with Gasteiger partial charge in [0.1, 0.15) is 0 Å². The first-order valence-corrected chi connectivity index (χ1v) is 27.7. The number of hydrogen-bond donors (Lipinski definition) is 0. The van der Waals surface area contributed by atoms with Gasteiger partial charge in [-0.1, -0.05) is 210 Å². The molecule has 0 atom stereocenters. The topological polar surface area (TPSA) is 6.48 Å². The van der Waals surface area contributed by atoms with E-state index in [-0.39, 0.29) is 10.8 Å². The fourth-order valence-electron chi connectivity index (χ4n) is 13.1. The normalized spacial score (nSPS) is 13.7. The van der Waals surface area contributed by atoms with Gasteiger partial charge in [0.15, 0.2) is 0 Å². The molecule has 77 heavy (non-hydrogen) atoms. The van der Waals surface area contributed by atoms with Crippen LogP contribution in [0.2, 0.25) is 0 Å². The summed E-state index contributed by atoms with van der Waals surface area (Å²) in [4.78, 5) is 4.92. The van der Waals surface area contributed by atoms with Gasteiger partial charge in [0.2, 0.25) is 0 Å². The molecule has 2 aliphatic rings. The Labute approximate surface area is 454 Å². The quantitative estimate of drug-likeness (QED) is 0.140. The van der Waals surface area contributed by atoms with Gasteiger partial charge < -0.3 is 9.80 Å². The highest BCUT2D eigenvalue weighted by Gasteiger charge is 2.37. The highest BCUT2D eigenvalue weighted by molar-refractivity contribution is 7.27. The van der Waals surface area contributed by atoms with E-state index in [0.717, 1.165) is 34.1 Å². The molecule has 0 fully saturated rings. The molecule has 0 saturated carbocycles. The molecule has 0 bridgehead atoms. The highest BCUT2D eigenvalue weighted by Crippen LogP contribution is 2.54. The number of anilines is 6. The van der Waals surface area contributed by atoms with E-state index in [1.807, 2.05) is 11.3 Å². The molecule has 0 amide bonds. The molecule has 15 rings (SSSR count). The van der Waals surface area contributed by atoms with Crippen LogP contribution >= 0.6 is 11.3 Å². The number of rotatable bonds is 8. The summed E-state index contributed by atoms with van der Waals surface area (Å²) in [6, 6.07) is 95.0. The molecule has 1 heterocycles. The largest absolute Gasteiger partial charge is 0.310 e. The third-order valence-corrected chi connectivity index (χ3v) is 18.2. The average Bonchev–Trinajstić information content (AvgIpc) is 4.11. The Morgan fingerprint density at radius 3 is 1.19 bits per heavy atom. The van der Waals surface area contributed by atoms with Crippen LogP contribution in [-0.2, 0) is 10.8 Å². The zero-order valence-electron chi connectivity index (χ0n) is 43.6. The van der Waals surface area contributed by atoms with Gasteiger partial charge in [0, 0.05) is 70.5 Å². The molecule has 366 valence electrons. The van der Waals surface area contributed by atoms with Crippen molar-refractivity contribution in [2.75, 3.05) is 9.80 Å². The van der Waals surface area contributed by atoms with Gasteiger partial charge in [-0.15, -0.1) is 11.3 Å². The van der Waals surface area contributed by atoms with E-state index in [9.17, 15) is 0 Å². The number of fused-ring (bicyclic) bond motifs is 14. The van der Waals surface area contributed by atoms with E-state index < -0.39 is 0 Å². The Hall–Kier alpha value is -9.02. The van der Waals surface area contributed by atoms with Gasteiger partial charge >= 0.3 is 0 Å². The Morgan fingerprint density at radius 2 is 0.662 bits per heavy atom. The van der Waals surface area contributed by atoms with E-state index in [2.05, 4.69) is 292 Å². The third-order valence-electron chi connectivity index (χ3n) is 17.0. The molecule has 0 aliphatic heterocycles. The second-order valence-electron chi connectivity index (χ2n) is 22.1. The van der Waals surface area contributed by atoms with Gasteiger partial charge in [-0.2, -0.15) is 0 Å². The molecule has 2 nitrogen and oxygen atoms in total. The Kier molecular flexibility index (Phi) is 10.2. The van der Waals surface area contributed by atoms with Crippen molar-refractivity contribution < 1.29 is 0 Å². The van der Waals surface area contributed by atoms with Gasteiger partial charge in [0.25, 0.3) is 0 Å². The minimum absolute atomic E-state index is 0.128. The lowest BCUT2D eigenvalue weighted by Gasteiger charge is -2.28. The van der Waals surface area contributed by atoms with E-state index >= 15 is 0 Å². The van der Waals surface area contributed by atoms with E-state index in [4.69, 9.17) is 0 Å². The molecule has 2 aliphatic carbocycles. The standard InChI is InChI=1S/C74H54N2S/c1-73(2)66-25-15-13-22-58(66)60-39-35-54(44-68(60)73)75(51-31-27-49(28-32-51)47-17-7-5-8-18-47)53-37-41-63-65(43-53)57-21-11-12-24-62(57)71-64-42-38-56(46-70(64)77-72(63)71)76(52-33-29-50(30-34-52)48-19-9-6-10-20-48)55-36-40-61-59-23-14-16-26-67(59)74(3,4)69(61)45-55/h5-46H,1-4H3. The number of benzene rings is 12. The monoisotopic (exact) mass is 1000 g/mol. The van der Waals surface area contributed by atoms with Gasteiger partial charge in [0.05, 0.1) is 0 Å². The van der Waals surface area contributed by atoms with Crippen LogP contribution in [0.5, 0.6) is 0 Å². The first-order valence-electron chi connectivity index (χ1n) is 26.9. The second kappa shape index (κ2) is 17.3. The van der Waals surface area contributed by atoms with Gasteiger partial charge in [-0.05, 0) is 156 Å². The predicted molar refractivity (Wildman–Crippen MR) is 330 cm³/mol. The van der Waals surface area contributed by atoms with Gasteiger partial charge in [-0.25, -0.2) is 0 Å². The summed E-state index contributed by atoms with van der Waals surface area (Å²) in [7, 11) is 0. The molecule has 3 heteroatoms. The van der Waals surface area contributed by atoms with Crippen LogP contribution in [0.25, 0.3) is 86.2 Å². The number of hydrogen-bond acceptors (Lipinski definition) is 3. The summed E-state index contributed by atoms with van der Waals surface area (Å²) in [5.74, 6) is 0. The van der Waals surface area contributed by atoms with Crippen LogP contribution in [0.15, 0.2) is 255 Å². The van der Waals surface area contributed by atoms with Crippen LogP contribution in [0.4, 0.5) is 34.1 Å². The SMILES string of the molecule is CC1(C)c2ccccc2-c2ccc(N(c3ccc(-c4ccccc4)cc3)c3ccc4c(c3)sc3c5ccc(N(c6ccc(-c7ccccc7)cc6)c6ccc7c(c6)C(C)(C)c6ccccc6-7)cc5c5ccccc5c43)cc21. The van der Waals surface area contributed by atoms with Crippen molar-refractivity contribution in [1.29, 1.82) is 0 Å². The Balaban J connectivity index is 0.891. The molecule has 0 spiro atoms. The summed E-state index contributed by atoms with van der Waals surface area (Å²) in [5, 5.41) is 7.64. The fraction of sp³-hybridized carbons (Fsp3) is 0.0811.